The van der Waals surface area contributed by atoms with Crippen LogP contribution in [0.15, 0.2) is 95.6 Å². The highest BCUT2D eigenvalue weighted by Crippen LogP contribution is 2.68. The Hall–Kier alpha value is -3.74. The van der Waals surface area contributed by atoms with Gasteiger partial charge in [-0.3, -0.25) is 19.4 Å². The van der Waals surface area contributed by atoms with Crippen molar-refractivity contribution in [3.63, 3.8) is 0 Å². The molecule has 0 aromatic heterocycles. The molecule has 2 saturated carbocycles. The molecule has 2 aliphatic carbocycles. The Bertz CT molecular complexity index is 2010. The molecule has 0 radical (unpaired) electrons. The maximum atomic E-state index is 15.5. The van der Waals surface area contributed by atoms with Gasteiger partial charge in [0.1, 0.15) is 0 Å². The molecule has 6 heteroatoms. The van der Waals surface area contributed by atoms with Gasteiger partial charge in [0.2, 0.25) is 0 Å². The minimum atomic E-state index is -0.187. The van der Waals surface area contributed by atoms with Crippen molar-refractivity contribution in [1.29, 1.82) is 0 Å². The summed E-state index contributed by atoms with van der Waals surface area (Å²) in [6, 6.07) is 18.8. The Morgan fingerprint density at radius 3 is 2.23 bits per heavy atom. The highest BCUT2D eigenvalue weighted by Gasteiger charge is 2.73. The summed E-state index contributed by atoms with van der Waals surface area (Å²) in [7, 11) is 0. The summed E-state index contributed by atoms with van der Waals surface area (Å²) >= 11 is 0. The van der Waals surface area contributed by atoms with Crippen LogP contribution in [-0.4, -0.2) is 71.5 Å². The van der Waals surface area contributed by atoms with E-state index in [0.29, 0.717) is 35.8 Å². The first kappa shape index (κ1) is 27.1. The number of hydrogen-bond donors (Lipinski definition) is 0. The van der Waals surface area contributed by atoms with Crippen molar-refractivity contribution in [2.75, 3.05) is 29.4 Å². The predicted molar refractivity (Wildman–Crippen MR) is 186 cm³/mol. The van der Waals surface area contributed by atoms with E-state index >= 15 is 4.79 Å². The van der Waals surface area contributed by atoms with Gasteiger partial charge in [-0.1, -0.05) is 71.8 Å². The van der Waals surface area contributed by atoms with Gasteiger partial charge >= 0.3 is 0 Å². The standard InChI is InChI=1S/C42H42N4O2/c1-3-23-21-43-16-15-41-30-9-5-8-12-33(30)46-39(41)28(27(23)18-35(41)43)17-29(40(46)48)34-20-42-31-10-6-7-11-32(31)45-37(47)14-13-25(38(42)45)26-19-36(42)44(34)22-24(26)4-2/h3-14,17,25-28,34-36,38-39H,15-16,18-22H2,1-2H3/t25-,26-,27-,28-,34+,35-,36-,38-,39-,41+,42+/m0/s1. The minimum absolute atomic E-state index is 0.0143. The summed E-state index contributed by atoms with van der Waals surface area (Å²) in [4.78, 5) is 39.2. The normalized spacial score (nSPS) is 45.5. The Labute approximate surface area is 282 Å². The third kappa shape index (κ3) is 2.73. The zero-order valence-electron chi connectivity index (χ0n) is 27.8. The number of hydrogen-bond acceptors (Lipinski definition) is 4. The van der Waals surface area contributed by atoms with Crippen LogP contribution in [0.25, 0.3) is 0 Å². The maximum absolute atomic E-state index is 15.5. The first-order valence-electron chi connectivity index (χ1n) is 18.6. The Kier molecular flexibility index (Phi) is 4.91. The quantitative estimate of drug-likeness (QED) is 0.389. The van der Waals surface area contributed by atoms with E-state index in [-0.39, 0.29) is 40.8 Å². The van der Waals surface area contributed by atoms with Crippen molar-refractivity contribution in [3.8, 4) is 0 Å². The fraction of sp³-hybridized carbons (Fsp3) is 0.476. The Morgan fingerprint density at radius 1 is 0.771 bits per heavy atom. The van der Waals surface area contributed by atoms with Crippen molar-refractivity contribution in [2.24, 2.45) is 23.7 Å². The summed E-state index contributed by atoms with van der Waals surface area (Å²) in [6.07, 6.45) is 15.7. The van der Waals surface area contributed by atoms with Crippen LogP contribution in [0.1, 0.15) is 50.7 Å². The monoisotopic (exact) mass is 634 g/mol. The lowest BCUT2D eigenvalue weighted by Crippen LogP contribution is -2.66. The van der Waals surface area contributed by atoms with Crippen LogP contribution in [0.2, 0.25) is 0 Å². The number of anilines is 2. The summed E-state index contributed by atoms with van der Waals surface area (Å²) in [5.41, 5.74) is 8.92. The number of nitrogens with zero attached hydrogens (tertiary/aromatic N) is 4. The summed E-state index contributed by atoms with van der Waals surface area (Å²) < 4.78 is 0. The van der Waals surface area contributed by atoms with Crippen molar-refractivity contribution in [3.05, 3.63) is 107 Å². The molecule has 2 aromatic carbocycles. The fourth-order valence-electron chi connectivity index (χ4n) is 14.2. The molecule has 4 bridgehead atoms. The highest BCUT2D eigenvalue weighted by atomic mass is 16.2. The van der Waals surface area contributed by atoms with E-state index in [9.17, 15) is 4.79 Å². The molecule has 12 rings (SSSR count). The average molecular weight is 635 g/mol. The van der Waals surface area contributed by atoms with Crippen LogP contribution in [-0.2, 0) is 20.4 Å². The topological polar surface area (TPSA) is 47.1 Å². The van der Waals surface area contributed by atoms with Crippen LogP contribution < -0.4 is 9.80 Å². The number of allylic oxidation sites excluding steroid dienone is 2. The number of piperidine rings is 2. The summed E-state index contributed by atoms with van der Waals surface area (Å²) in [5.74, 6) is 1.87. The first-order valence-corrected chi connectivity index (χ1v) is 18.6. The van der Waals surface area contributed by atoms with Gasteiger partial charge in [0.05, 0.1) is 12.1 Å². The molecule has 8 heterocycles. The van der Waals surface area contributed by atoms with E-state index < -0.39 is 0 Å². The lowest BCUT2D eigenvalue weighted by Gasteiger charge is -2.57. The van der Waals surface area contributed by atoms with Crippen molar-refractivity contribution < 1.29 is 9.59 Å². The van der Waals surface area contributed by atoms with Gasteiger partial charge in [-0.2, -0.15) is 0 Å². The molecular weight excluding hydrogens is 592 g/mol. The van der Waals surface area contributed by atoms with Crippen molar-refractivity contribution in [1.82, 2.24) is 9.80 Å². The van der Waals surface area contributed by atoms with Gasteiger partial charge in [0, 0.05) is 70.8 Å². The van der Waals surface area contributed by atoms with Crippen LogP contribution in [0.3, 0.4) is 0 Å². The molecule has 48 heavy (non-hydrogen) atoms. The number of carbonyl (C=O) groups excluding carboxylic acids is 2. The summed E-state index contributed by atoms with van der Waals surface area (Å²) in [6.45, 7) is 7.52. The third-order valence-corrected chi connectivity index (χ3v) is 15.7. The SMILES string of the molecule is CC=C1CN2[C@@H](C3=C[C@@H]4[C@@H]5N(C3=O)c3ccccc3[C@@]53CCN5CC(=CC)[C@@H]4C[C@H]53)C[C@]34c5ccccc5N5C(=O)C=C[C@H]([C@H]53)[C@H]1C[C@H]24. The van der Waals surface area contributed by atoms with Gasteiger partial charge < -0.3 is 9.80 Å². The number of carbonyl (C=O) groups is 2. The number of para-hydroxylation sites is 2. The molecule has 2 aromatic rings. The van der Waals surface area contributed by atoms with E-state index in [1.54, 1.807) is 5.57 Å². The number of benzene rings is 2. The smallest absolute Gasteiger partial charge is 0.255 e. The molecule has 2 spiro atoms. The van der Waals surface area contributed by atoms with Crippen LogP contribution in [0.5, 0.6) is 0 Å². The maximum Gasteiger partial charge on any atom is 0.255 e. The second-order valence-electron chi connectivity index (χ2n) is 16.6. The van der Waals surface area contributed by atoms with E-state index in [1.807, 2.05) is 6.08 Å². The second-order valence-corrected chi connectivity index (χ2v) is 16.6. The molecule has 11 atom stereocenters. The van der Waals surface area contributed by atoms with Gasteiger partial charge in [0.25, 0.3) is 11.8 Å². The Balaban J connectivity index is 1.07. The number of amides is 2. The van der Waals surface area contributed by atoms with Crippen LogP contribution in [0, 0.1) is 23.7 Å². The third-order valence-electron chi connectivity index (χ3n) is 15.7. The van der Waals surface area contributed by atoms with Gasteiger partial charge in [0.15, 0.2) is 0 Å². The average Bonchev–Trinajstić information content (AvgIpc) is 3.85. The zero-order chi connectivity index (χ0) is 31.8. The second kappa shape index (κ2) is 8.70. The van der Waals surface area contributed by atoms with E-state index in [4.69, 9.17) is 0 Å². The van der Waals surface area contributed by atoms with Gasteiger partial charge in [-0.15, -0.1) is 0 Å². The lowest BCUT2D eigenvalue weighted by atomic mass is 9.54. The van der Waals surface area contributed by atoms with Gasteiger partial charge in [-0.05, 0) is 87.2 Å². The van der Waals surface area contributed by atoms with E-state index in [2.05, 4.69) is 106 Å². The molecule has 2 amide bonds. The highest BCUT2D eigenvalue weighted by molar-refractivity contribution is 6.10. The van der Waals surface area contributed by atoms with Crippen molar-refractivity contribution >= 4 is 23.2 Å². The van der Waals surface area contributed by atoms with Crippen molar-refractivity contribution in [2.45, 2.75) is 80.6 Å². The lowest BCUT2D eigenvalue weighted by molar-refractivity contribution is -0.118. The van der Waals surface area contributed by atoms with E-state index in [1.165, 1.54) is 28.8 Å². The Morgan fingerprint density at radius 2 is 1.44 bits per heavy atom. The minimum Gasteiger partial charge on any atom is -0.304 e. The predicted octanol–water partition coefficient (Wildman–Crippen LogP) is 5.51. The molecule has 10 aliphatic rings. The largest absolute Gasteiger partial charge is 0.304 e. The molecule has 0 unspecified atom stereocenters. The fourth-order valence-corrected chi connectivity index (χ4v) is 14.2. The molecule has 8 aliphatic heterocycles. The molecule has 6 fully saturated rings. The molecule has 6 nitrogen and oxygen atoms in total. The number of fused-ring (bicyclic) bond motifs is 8. The molecule has 0 N–H and O–H groups in total. The van der Waals surface area contributed by atoms with Gasteiger partial charge in [-0.25, -0.2) is 0 Å². The first-order chi connectivity index (χ1) is 23.5. The summed E-state index contributed by atoms with van der Waals surface area (Å²) in [5, 5.41) is 0. The van der Waals surface area contributed by atoms with Crippen LogP contribution >= 0.6 is 0 Å². The zero-order valence-corrected chi connectivity index (χ0v) is 27.8. The van der Waals surface area contributed by atoms with E-state index in [0.717, 1.165) is 50.2 Å². The van der Waals surface area contributed by atoms with Crippen LogP contribution in [0.4, 0.5) is 11.4 Å². The molecule has 242 valence electrons. The molecule has 4 saturated heterocycles. The number of rotatable bonds is 1. The molecular formula is C42H42N4O2.